The number of hydrogen-bond donors (Lipinski definition) is 4. The Kier molecular flexibility index (Phi) is 2.95. The third-order valence-electron chi connectivity index (χ3n) is 3.14. The molecule has 1 aromatic heterocycles. The quantitative estimate of drug-likeness (QED) is 0.614. The Labute approximate surface area is 104 Å². The number of amides is 1. The zero-order valence-electron chi connectivity index (χ0n) is 9.86. The van der Waals surface area contributed by atoms with Crippen molar-refractivity contribution in [1.82, 2.24) is 26.1 Å². The number of imidazole rings is 1. The molecule has 1 aliphatic heterocycles. The molecule has 1 aromatic carbocycles. The van der Waals surface area contributed by atoms with Crippen LogP contribution in [0.25, 0.3) is 11.0 Å². The van der Waals surface area contributed by atoms with Crippen molar-refractivity contribution in [2.24, 2.45) is 5.92 Å². The molecule has 0 aliphatic carbocycles. The van der Waals surface area contributed by atoms with Gasteiger partial charge in [0.15, 0.2) is 0 Å². The molecular weight excluding hydrogens is 230 g/mol. The molecule has 2 aromatic rings. The van der Waals surface area contributed by atoms with E-state index < -0.39 is 0 Å². The van der Waals surface area contributed by atoms with Gasteiger partial charge in [-0.2, -0.15) is 0 Å². The van der Waals surface area contributed by atoms with Crippen molar-refractivity contribution in [2.75, 3.05) is 19.6 Å². The minimum atomic E-state index is -0.0431. The van der Waals surface area contributed by atoms with Crippen LogP contribution in [0.15, 0.2) is 24.5 Å². The summed E-state index contributed by atoms with van der Waals surface area (Å²) in [5.41, 5.74) is 8.49. The molecule has 1 aliphatic rings. The van der Waals surface area contributed by atoms with Gasteiger partial charge in [-0.15, -0.1) is 0 Å². The zero-order chi connectivity index (χ0) is 12.4. The van der Waals surface area contributed by atoms with Gasteiger partial charge >= 0.3 is 0 Å². The molecule has 4 N–H and O–H groups in total. The standard InChI is InChI=1S/C12H15N5O/c18-12(13-4-8-5-16-17-6-8)9-1-2-10-11(3-9)15-7-14-10/h1-3,7-8,16-17H,4-6H2,(H,13,18)(H,14,15). The van der Waals surface area contributed by atoms with E-state index in [1.165, 1.54) is 0 Å². The van der Waals surface area contributed by atoms with Crippen molar-refractivity contribution in [1.29, 1.82) is 0 Å². The highest BCUT2D eigenvalue weighted by Crippen LogP contribution is 2.11. The fraction of sp³-hybridized carbons (Fsp3) is 0.333. The summed E-state index contributed by atoms with van der Waals surface area (Å²) in [7, 11) is 0. The van der Waals surface area contributed by atoms with Crippen molar-refractivity contribution < 1.29 is 4.79 Å². The molecule has 6 heteroatoms. The summed E-state index contributed by atoms with van der Waals surface area (Å²) >= 11 is 0. The van der Waals surface area contributed by atoms with Gasteiger partial charge in [-0.25, -0.2) is 4.98 Å². The molecule has 1 fully saturated rings. The van der Waals surface area contributed by atoms with Crippen LogP contribution in [-0.2, 0) is 0 Å². The van der Waals surface area contributed by atoms with Crippen molar-refractivity contribution in [3.63, 3.8) is 0 Å². The van der Waals surface area contributed by atoms with Crippen LogP contribution < -0.4 is 16.2 Å². The molecule has 0 bridgehead atoms. The van der Waals surface area contributed by atoms with E-state index in [1.807, 2.05) is 12.1 Å². The van der Waals surface area contributed by atoms with E-state index in [2.05, 4.69) is 26.1 Å². The Morgan fingerprint density at radius 2 is 2.22 bits per heavy atom. The topological polar surface area (TPSA) is 81.8 Å². The normalized spacial score (nSPS) is 16.2. The van der Waals surface area contributed by atoms with Gasteiger partial charge in [0.25, 0.3) is 5.91 Å². The average molecular weight is 245 g/mol. The van der Waals surface area contributed by atoms with Crippen molar-refractivity contribution in [2.45, 2.75) is 0 Å². The van der Waals surface area contributed by atoms with Gasteiger partial charge in [0, 0.05) is 31.1 Å². The van der Waals surface area contributed by atoms with Crippen LogP contribution in [-0.4, -0.2) is 35.5 Å². The summed E-state index contributed by atoms with van der Waals surface area (Å²) in [6.07, 6.45) is 1.63. The first-order chi connectivity index (χ1) is 8.83. The number of benzene rings is 1. The Balaban J connectivity index is 1.67. The lowest BCUT2D eigenvalue weighted by Gasteiger charge is -2.09. The van der Waals surface area contributed by atoms with E-state index in [4.69, 9.17) is 0 Å². The van der Waals surface area contributed by atoms with E-state index in [0.29, 0.717) is 18.0 Å². The second-order valence-corrected chi connectivity index (χ2v) is 4.47. The summed E-state index contributed by atoms with van der Waals surface area (Å²) in [5, 5.41) is 2.94. The monoisotopic (exact) mass is 245 g/mol. The van der Waals surface area contributed by atoms with Crippen LogP contribution in [0, 0.1) is 5.92 Å². The molecule has 94 valence electrons. The molecule has 2 heterocycles. The van der Waals surface area contributed by atoms with Crippen LogP contribution in [0.2, 0.25) is 0 Å². The molecular formula is C12H15N5O. The van der Waals surface area contributed by atoms with E-state index >= 15 is 0 Å². The lowest BCUT2D eigenvalue weighted by Crippen LogP contribution is -2.31. The lowest BCUT2D eigenvalue weighted by molar-refractivity contribution is 0.0949. The minimum Gasteiger partial charge on any atom is -0.352 e. The molecule has 0 saturated carbocycles. The number of nitrogens with one attached hydrogen (secondary N) is 4. The second kappa shape index (κ2) is 4.75. The fourth-order valence-electron chi connectivity index (χ4n) is 2.07. The van der Waals surface area contributed by atoms with E-state index in [-0.39, 0.29) is 5.91 Å². The van der Waals surface area contributed by atoms with Crippen LogP contribution in [0.1, 0.15) is 10.4 Å². The van der Waals surface area contributed by atoms with E-state index in [9.17, 15) is 4.79 Å². The predicted molar refractivity (Wildman–Crippen MR) is 67.9 cm³/mol. The van der Waals surface area contributed by atoms with Crippen molar-refractivity contribution in [3.05, 3.63) is 30.1 Å². The third kappa shape index (κ3) is 2.20. The van der Waals surface area contributed by atoms with Gasteiger partial charge < -0.3 is 10.3 Å². The van der Waals surface area contributed by atoms with Crippen LogP contribution in [0.3, 0.4) is 0 Å². The fourth-order valence-corrected chi connectivity index (χ4v) is 2.07. The van der Waals surface area contributed by atoms with Crippen molar-refractivity contribution in [3.8, 4) is 0 Å². The number of aromatic nitrogens is 2. The SMILES string of the molecule is O=C(NCC1CNNC1)c1ccc2nc[nH]c2c1. The van der Waals surface area contributed by atoms with Crippen LogP contribution >= 0.6 is 0 Å². The van der Waals surface area contributed by atoms with Gasteiger partial charge in [0.1, 0.15) is 0 Å². The maximum Gasteiger partial charge on any atom is 0.251 e. The number of hydrazine groups is 1. The van der Waals surface area contributed by atoms with Gasteiger partial charge in [-0.05, 0) is 18.2 Å². The average Bonchev–Trinajstić information content (AvgIpc) is 3.05. The molecule has 0 atom stereocenters. The second-order valence-electron chi connectivity index (χ2n) is 4.47. The number of H-pyrrole nitrogens is 1. The number of rotatable bonds is 3. The summed E-state index contributed by atoms with van der Waals surface area (Å²) in [6, 6.07) is 5.46. The van der Waals surface area contributed by atoms with Crippen LogP contribution in [0.4, 0.5) is 0 Å². The molecule has 0 spiro atoms. The number of nitrogens with zero attached hydrogens (tertiary/aromatic N) is 1. The Morgan fingerprint density at radius 1 is 1.39 bits per heavy atom. The Bertz CT molecular complexity index is 558. The highest BCUT2D eigenvalue weighted by Gasteiger charge is 2.15. The molecule has 1 amide bonds. The molecule has 0 unspecified atom stereocenters. The summed E-state index contributed by atoms with van der Waals surface area (Å²) in [4.78, 5) is 19.1. The maximum atomic E-state index is 12.0. The molecule has 18 heavy (non-hydrogen) atoms. The van der Waals surface area contributed by atoms with Gasteiger partial charge in [-0.3, -0.25) is 15.6 Å². The van der Waals surface area contributed by atoms with E-state index in [1.54, 1.807) is 12.4 Å². The number of fused-ring (bicyclic) bond motifs is 1. The van der Waals surface area contributed by atoms with Gasteiger partial charge in [0.05, 0.1) is 17.4 Å². The number of hydrogen-bond acceptors (Lipinski definition) is 4. The highest BCUT2D eigenvalue weighted by atomic mass is 16.1. The first-order valence-corrected chi connectivity index (χ1v) is 6.00. The summed E-state index contributed by atoms with van der Waals surface area (Å²) < 4.78 is 0. The van der Waals surface area contributed by atoms with E-state index in [0.717, 1.165) is 24.1 Å². The first kappa shape index (κ1) is 11.2. The molecule has 1 saturated heterocycles. The Hall–Kier alpha value is -1.92. The van der Waals surface area contributed by atoms with Crippen molar-refractivity contribution >= 4 is 16.9 Å². The number of aromatic amines is 1. The number of carbonyl (C=O) groups is 1. The lowest BCUT2D eigenvalue weighted by atomic mass is 10.1. The maximum absolute atomic E-state index is 12.0. The Morgan fingerprint density at radius 3 is 3.06 bits per heavy atom. The minimum absolute atomic E-state index is 0.0431. The third-order valence-corrected chi connectivity index (χ3v) is 3.14. The molecule has 6 nitrogen and oxygen atoms in total. The first-order valence-electron chi connectivity index (χ1n) is 6.00. The van der Waals surface area contributed by atoms with Crippen LogP contribution in [0.5, 0.6) is 0 Å². The largest absolute Gasteiger partial charge is 0.352 e. The van der Waals surface area contributed by atoms with Gasteiger partial charge in [0.2, 0.25) is 0 Å². The highest BCUT2D eigenvalue weighted by molar-refractivity contribution is 5.97. The predicted octanol–water partition coefficient (Wildman–Crippen LogP) is 0.0167. The summed E-state index contributed by atoms with van der Waals surface area (Å²) in [6.45, 7) is 2.46. The zero-order valence-corrected chi connectivity index (χ0v) is 9.86. The summed E-state index contributed by atoms with van der Waals surface area (Å²) in [5.74, 6) is 0.406. The number of carbonyl (C=O) groups excluding carboxylic acids is 1. The molecule has 3 rings (SSSR count). The smallest absolute Gasteiger partial charge is 0.251 e. The molecule has 0 radical (unpaired) electrons. The van der Waals surface area contributed by atoms with Gasteiger partial charge in [-0.1, -0.05) is 0 Å².